The van der Waals surface area contributed by atoms with Gasteiger partial charge >= 0.3 is 5.97 Å². The minimum atomic E-state index is -0.0734. The third-order valence-electron chi connectivity index (χ3n) is 6.34. The molecule has 4 heteroatoms. The zero-order valence-corrected chi connectivity index (χ0v) is 22.7. The number of rotatable bonds is 27. The predicted octanol–water partition coefficient (Wildman–Crippen LogP) is 8.79. The predicted molar refractivity (Wildman–Crippen MR) is 141 cm³/mol. The van der Waals surface area contributed by atoms with Crippen molar-refractivity contribution in [1.29, 1.82) is 0 Å². The third kappa shape index (κ3) is 25.8. The van der Waals surface area contributed by atoms with Crippen LogP contribution in [0.25, 0.3) is 0 Å². The first kappa shape index (κ1) is 32.4. The molecule has 0 aromatic rings. The number of hydrogen-bond acceptors (Lipinski definition) is 4. The second kappa shape index (κ2) is 27.6. The molecular weight excluding hydrogens is 412 g/mol. The van der Waals surface area contributed by atoms with Crippen LogP contribution < -0.4 is 0 Å². The van der Waals surface area contributed by atoms with E-state index in [2.05, 4.69) is 13.8 Å². The number of ether oxygens (including phenoxy) is 3. The van der Waals surface area contributed by atoms with E-state index < -0.39 is 0 Å². The summed E-state index contributed by atoms with van der Waals surface area (Å²) in [5, 5.41) is 0. The van der Waals surface area contributed by atoms with E-state index in [0.717, 1.165) is 51.9 Å². The molecule has 0 aliphatic heterocycles. The van der Waals surface area contributed by atoms with Gasteiger partial charge in [-0.15, -0.1) is 0 Å². The van der Waals surface area contributed by atoms with Gasteiger partial charge in [0.15, 0.2) is 0 Å². The lowest BCUT2D eigenvalue weighted by Gasteiger charge is -2.16. The van der Waals surface area contributed by atoms with Crippen LogP contribution in [0.5, 0.6) is 0 Å². The van der Waals surface area contributed by atoms with Crippen LogP contribution in [-0.4, -0.2) is 38.5 Å². The molecule has 0 N–H and O–H groups in total. The van der Waals surface area contributed by atoms with E-state index in [1.54, 1.807) is 0 Å². The van der Waals surface area contributed by atoms with Crippen molar-refractivity contribution >= 4 is 5.97 Å². The van der Waals surface area contributed by atoms with E-state index in [1.165, 1.54) is 89.9 Å². The van der Waals surface area contributed by atoms with Crippen molar-refractivity contribution in [3.05, 3.63) is 0 Å². The molecular formula is C29H58O4. The Bertz CT molecular complexity index is 386. The van der Waals surface area contributed by atoms with Gasteiger partial charge in [-0.2, -0.15) is 0 Å². The van der Waals surface area contributed by atoms with Gasteiger partial charge in [0.05, 0.1) is 19.3 Å². The van der Waals surface area contributed by atoms with E-state index in [4.69, 9.17) is 14.2 Å². The zero-order valence-electron chi connectivity index (χ0n) is 22.7. The Balaban J connectivity index is 3.30. The summed E-state index contributed by atoms with van der Waals surface area (Å²) in [6.07, 6.45) is 25.4. The average molecular weight is 471 g/mol. The maximum absolute atomic E-state index is 11.3. The standard InChI is InChI=1S/C29H58O4/c1-4-7-8-9-10-11-12-13-14-15-16-17-19-22-25-31-27-28(5-2)33-26-23-20-18-21-24-29(30)32-6-3/h28H,4-27H2,1-3H3. The van der Waals surface area contributed by atoms with E-state index in [1.807, 2.05) is 6.92 Å². The van der Waals surface area contributed by atoms with Crippen LogP contribution >= 0.6 is 0 Å². The first-order chi connectivity index (χ1) is 16.2. The molecule has 0 heterocycles. The molecule has 0 spiro atoms. The minimum absolute atomic E-state index is 0.0734. The summed E-state index contributed by atoms with van der Waals surface area (Å²) in [5.74, 6) is -0.0734. The van der Waals surface area contributed by atoms with E-state index in [9.17, 15) is 4.79 Å². The van der Waals surface area contributed by atoms with Crippen LogP contribution in [0.4, 0.5) is 0 Å². The second-order valence-corrected chi connectivity index (χ2v) is 9.54. The molecule has 198 valence electrons. The Kier molecular flexibility index (Phi) is 27.1. The van der Waals surface area contributed by atoms with Crippen LogP contribution in [0.3, 0.4) is 0 Å². The fraction of sp³-hybridized carbons (Fsp3) is 0.966. The number of unbranched alkanes of at least 4 members (excludes halogenated alkanes) is 16. The third-order valence-corrected chi connectivity index (χ3v) is 6.34. The molecule has 4 nitrogen and oxygen atoms in total. The maximum Gasteiger partial charge on any atom is 0.305 e. The van der Waals surface area contributed by atoms with Crippen LogP contribution in [0.1, 0.15) is 149 Å². The summed E-state index contributed by atoms with van der Waals surface area (Å²) >= 11 is 0. The van der Waals surface area contributed by atoms with Crippen molar-refractivity contribution in [1.82, 2.24) is 0 Å². The van der Waals surface area contributed by atoms with Gasteiger partial charge in [0.2, 0.25) is 0 Å². The Labute approximate surface area is 206 Å². The lowest BCUT2D eigenvalue weighted by molar-refractivity contribution is -0.143. The van der Waals surface area contributed by atoms with Crippen LogP contribution in [-0.2, 0) is 19.0 Å². The Morgan fingerprint density at radius 1 is 0.606 bits per heavy atom. The molecule has 1 atom stereocenters. The molecule has 0 aliphatic carbocycles. The Hall–Kier alpha value is -0.610. The molecule has 0 saturated heterocycles. The Morgan fingerprint density at radius 2 is 1.09 bits per heavy atom. The topological polar surface area (TPSA) is 44.8 Å². The summed E-state index contributed by atoms with van der Waals surface area (Å²) in [4.78, 5) is 11.3. The number of carbonyl (C=O) groups is 1. The monoisotopic (exact) mass is 470 g/mol. The van der Waals surface area contributed by atoms with Gasteiger partial charge in [-0.1, -0.05) is 110 Å². The number of esters is 1. The van der Waals surface area contributed by atoms with Gasteiger partial charge in [-0.05, 0) is 32.6 Å². The van der Waals surface area contributed by atoms with Gasteiger partial charge in [0, 0.05) is 19.6 Å². The molecule has 0 fully saturated rings. The lowest BCUT2D eigenvalue weighted by atomic mass is 10.0. The molecule has 0 bridgehead atoms. The summed E-state index contributed by atoms with van der Waals surface area (Å²) in [7, 11) is 0. The second-order valence-electron chi connectivity index (χ2n) is 9.54. The van der Waals surface area contributed by atoms with Crippen molar-refractivity contribution in [2.75, 3.05) is 26.4 Å². The van der Waals surface area contributed by atoms with E-state index in [-0.39, 0.29) is 12.1 Å². The Morgan fingerprint density at radius 3 is 1.61 bits per heavy atom. The van der Waals surface area contributed by atoms with Gasteiger partial charge in [0.25, 0.3) is 0 Å². The molecule has 0 radical (unpaired) electrons. The normalized spacial score (nSPS) is 12.2. The van der Waals surface area contributed by atoms with Crippen molar-refractivity contribution in [3.63, 3.8) is 0 Å². The molecule has 0 aromatic heterocycles. The molecule has 0 aliphatic rings. The van der Waals surface area contributed by atoms with Gasteiger partial charge < -0.3 is 14.2 Å². The highest BCUT2D eigenvalue weighted by Gasteiger charge is 2.07. The van der Waals surface area contributed by atoms with Crippen molar-refractivity contribution in [2.45, 2.75) is 155 Å². The van der Waals surface area contributed by atoms with Gasteiger partial charge in [-0.3, -0.25) is 4.79 Å². The highest BCUT2D eigenvalue weighted by Crippen LogP contribution is 2.13. The number of hydrogen-bond donors (Lipinski definition) is 0. The summed E-state index contributed by atoms with van der Waals surface area (Å²) in [6.45, 7) is 9.16. The van der Waals surface area contributed by atoms with Crippen molar-refractivity contribution < 1.29 is 19.0 Å². The van der Waals surface area contributed by atoms with Crippen molar-refractivity contribution in [3.8, 4) is 0 Å². The first-order valence-corrected chi connectivity index (χ1v) is 14.6. The number of carbonyl (C=O) groups excluding carboxylic acids is 1. The van der Waals surface area contributed by atoms with E-state index >= 15 is 0 Å². The fourth-order valence-corrected chi connectivity index (χ4v) is 4.11. The van der Waals surface area contributed by atoms with E-state index in [0.29, 0.717) is 13.0 Å². The van der Waals surface area contributed by atoms with Crippen LogP contribution in [0, 0.1) is 0 Å². The molecule has 1 unspecified atom stereocenters. The lowest BCUT2D eigenvalue weighted by Crippen LogP contribution is -2.20. The average Bonchev–Trinajstić information content (AvgIpc) is 2.82. The van der Waals surface area contributed by atoms with Crippen LogP contribution in [0.15, 0.2) is 0 Å². The fourth-order valence-electron chi connectivity index (χ4n) is 4.11. The zero-order chi connectivity index (χ0) is 24.2. The smallest absolute Gasteiger partial charge is 0.305 e. The molecule has 0 aromatic carbocycles. The van der Waals surface area contributed by atoms with Gasteiger partial charge in [0.1, 0.15) is 0 Å². The molecule has 33 heavy (non-hydrogen) atoms. The highest BCUT2D eigenvalue weighted by atomic mass is 16.5. The van der Waals surface area contributed by atoms with Crippen molar-refractivity contribution in [2.24, 2.45) is 0 Å². The summed E-state index contributed by atoms with van der Waals surface area (Å²) in [5.41, 5.74) is 0. The summed E-state index contributed by atoms with van der Waals surface area (Å²) < 4.78 is 16.8. The summed E-state index contributed by atoms with van der Waals surface area (Å²) in [6, 6.07) is 0. The molecule has 0 rings (SSSR count). The maximum atomic E-state index is 11.3. The minimum Gasteiger partial charge on any atom is -0.466 e. The largest absolute Gasteiger partial charge is 0.466 e. The van der Waals surface area contributed by atoms with Crippen LogP contribution in [0.2, 0.25) is 0 Å². The quantitative estimate of drug-likeness (QED) is 0.0888. The molecule has 0 amide bonds. The SMILES string of the molecule is CCCCCCCCCCCCCCCCOCC(CC)OCCCCCCC(=O)OCC. The highest BCUT2D eigenvalue weighted by molar-refractivity contribution is 5.69. The first-order valence-electron chi connectivity index (χ1n) is 14.6. The molecule has 0 saturated carbocycles. The van der Waals surface area contributed by atoms with Gasteiger partial charge in [-0.25, -0.2) is 0 Å².